The molecule has 1 heterocycles. The Bertz CT molecular complexity index is 525. The van der Waals surface area contributed by atoms with Crippen LogP contribution in [0.1, 0.15) is 39.4 Å². The van der Waals surface area contributed by atoms with Crippen LogP contribution in [0.3, 0.4) is 0 Å². The average Bonchev–Trinajstić information content (AvgIpc) is 2.87. The molecule has 3 heteroatoms. The van der Waals surface area contributed by atoms with Gasteiger partial charge in [-0.25, -0.2) is 0 Å². The van der Waals surface area contributed by atoms with Crippen molar-refractivity contribution in [3.8, 4) is 0 Å². The summed E-state index contributed by atoms with van der Waals surface area (Å²) in [6, 6.07) is 11.0. The van der Waals surface area contributed by atoms with Gasteiger partial charge in [-0.1, -0.05) is 25.1 Å². The fraction of sp³-hybridized carbons (Fsp3) is 0.375. The molecular formula is C16H22N2S. The van der Waals surface area contributed by atoms with Gasteiger partial charge < -0.3 is 0 Å². The van der Waals surface area contributed by atoms with Gasteiger partial charge in [0.1, 0.15) is 0 Å². The Hall–Kier alpha value is -1.16. The standard InChI is InChI=1S/C16H22N2S/c1-4-13-8-9-16(19-13)15(18-17)10-14-11(2)6-5-7-12(14)3/h5-9,15,18H,4,10,17H2,1-3H3. The average molecular weight is 274 g/mol. The molecule has 1 unspecified atom stereocenters. The number of nitrogens with two attached hydrogens (primary N) is 1. The zero-order valence-electron chi connectivity index (χ0n) is 11.9. The second kappa shape index (κ2) is 6.33. The van der Waals surface area contributed by atoms with Crippen molar-refractivity contribution < 1.29 is 0 Å². The molecule has 0 bridgehead atoms. The molecule has 1 atom stereocenters. The smallest absolute Gasteiger partial charge is 0.0593 e. The summed E-state index contributed by atoms with van der Waals surface area (Å²) >= 11 is 1.85. The van der Waals surface area contributed by atoms with Gasteiger partial charge in [-0.15, -0.1) is 11.3 Å². The van der Waals surface area contributed by atoms with Crippen LogP contribution >= 0.6 is 11.3 Å². The highest BCUT2D eigenvalue weighted by Crippen LogP contribution is 2.28. The zero-order chi connectivity index (χ0) is 13.8. The number of nitrogens with one attached hydrogen (secondary N) is 1. The molecule has 2 nitrogen and oxygen atoms in total. The summed E-state index contributed by atoms with van der Waals surface area (Å²) in [5.41, 5.74) is 7.05. The molecule has 0 aliphatic carbocycles. The zero-order valence-corrected chi connectivity index (χ0v) is 12.7. The molecule has 0 aliphatic heterocycles. The van der Waals surface area contributed by atoms with Crippen molar-refractivity contribution >= 4 is 11.3 Å². The Labute approximate surface area is 119 Å². The Morgan fingerprint density at radius 3 is 2.37 bits per heavy atom. The molecular weight excluding hydrogens is 252 g/mol. The number of aryl methyl sites for hydroxylation is 3. The third-order valence-corrected chi connectivity index (χ3v) is 4.97. The second-order valence-corrected chi connectivity index (χ2v) is 6.15. The van der Waals surface area contributed by atoms with Gasteiger partial charge in [-0.05, 0) is 55.5 Å². The number of rotatable bonds is 5. The summed E-state index contributed by atoms with van der Waals surface area (Å²) in [4.78, 5) is 2.73. The fourth-order valence-corrected chi connectivity index (χ4v) is 3.40. The summed E-state index contributed by atoms with van der Waals surface area (Å²) in [7, 11) is 0. The molecule has 1 aromatic carbocycles. The highest BCUT2D eigenvalue weighted by molar-refractivity contribution is 7.12. The minimum Gasteiger partial charge on any atom is -0.271 e. The molecule has 2 rings (SSSR count). The number of benzene rings is 1. The van der Waals surface area contributed by atoms with E-state index in [2.05, 4.69) is 56.5 Å². The first-order valence-electron chi connectivity index (χ1n) is 6.75. The van der Waals surface area contributed by atoms with Gasteiger partial charge in [0.15, 0.2) is 0 Å². The number of thiophene rings is 1. The molecule has 0 saturated heterocycles. The van der Waals surface area contributed by atoms with Crippen molar-refractivity contribution in [1.82, 2.24) is 5.43 Å². The van der Waals surface area contributed by atoms with Crippen LogP contribution in [0.25, 0.3) is 0 Å². The molecule has 2 aromatic rings. The Balaban J connectivity index is 2.24. The first-order valence-corrected chi connectivity index (χ1v) is 7.57. The highest BCUT2D eigenvalue weighted by atomic mass is 32.1. The van der Waals surface area contributed by atoms with E-state index in [1.807, 2.05) is 11.3 Å². The van der Waals surface area contributed by atoms with Gasteiger partial charge in [-0.3, -0.25) is 11.3 Å². The van der Waals surface area contributed by atoms with E-state index in [0.717, 1.165) is 12.8 Å². The van der Waals surface area contributed by atoms with Crippen LogP contribution in [0.4, 0.5) is 0 Å². The molecule has 0 aliphatic rings. The Morgan fingerprint density at radius 2 is 1.84 bits per heavy atom. The largest absolute Gasteiger partial charge is 0.271 e. The molecule has 19 heavy (non-hydrogen) atoms. The van der Waals surface area contributed by atoms with Crippen molar-refractivity contribution in [1.29, 1.82) is 0 Å². The topological polar surface area (TPSA) is 38.0 Å². The summed E-state index contributed by atoms with van der Waals surface area (Å²) in [5, 5.41) is 0. The quantitative estimate of drug-likeness (QED) is 0.645. The maximum atomic E-state index is 5.76. The normalized spacial score (nSPS) is 12.6. The molecule has 3 N–H and O–H groups in total. The van der Waals surface area contributed by atoms with E-state index >= 15 is 0 Å². The lowest BCUT2D eigenvalue weighted by Crippen LogP contribution is -2.29. The first kappa shape index (κ1) is 14.3. The highest BCUT2D eigenvalue weighted by Gasteiger charge is 2.15. The third-order valence-electron chi connectivity index (χ3n) is 3.63. The van der Waals surface area contributed by atoms with Crippen molar-refractivity contribution in [2.24, 2.45) is 5.84 Å². The number of hydrazine groups is 1. The Morgan fingerprint density at radius 1 is 1.16 bits per heavy atom. The lowest BCUT2D eigenvalue weighted by atomic mass is 9.96. The predicted molar refractivity (Wildman–Crippen MR) is 83.4 cm³/mol. The van der Waals surface area contributed by atoms with E-state index in [9.17, 15) is 0 Å². The van der Waals surface area contributed by atoms with Gasteiger partial charge in [0, 0.05) is 9.75 Å². The summed E-state index contributed by atoms with van der Waals surface area (Å²) in [5.74, 6) is 5.76. The summed E-state index contributed by atoms with van der Waals surface area (Å²) < 4.78 is 0. The lowest BCUT2D eigenvalue weighted by Gasteiger charge is -2.17. The monoisotopic (exact) mass is 274 g/mol. The van der Waals surface area contributed by atoms with E-state index < -0.39 is 0 Å². The van der Waals surface area contributed by atoms with Crippen LogP contribution in [0.15, 0.2) is 30.3 Å². The minimum atomic E-state index is 0.199. The summed E-state index contributed by atoms with van der Waals surface area (Å²) in [6.07, 6.45) is 2.03. The third kappa shape index (κ3) is 3.24. The molecule has 0 fully saturated rings. The van der Waals surface area contributed by atoms with E-state index in [1.54, 1.807) is 0 Å². The first-order chi connectivity index (χ1) is 9.15. The van der Waals surface area contributed by atoms with Crippen LogP contribution < -0.4 is 11.3 Å². The SMILES string of the molecule is CCc1ccc(C(Cc2c(C)cccc2C)NN)s1. The van der Waals surface area contributed by atoms with E-state index in [0.29, 0.717) is 0 Å². The van der Waals surface area contributed by atoms with Gasteiger partial charge in [-0.2, -0.15) is 0 Å². The molecule has 0 spiro atoms. The molecule has 0 radical (unpaired) electrons. The van der Waals surface area contributed by atoms with Crippen LogP contribution in [0, 0.1) is 13.8 Å². The van der Waals surface area contributed by atoms with E-state index in [1.165, 1.54) is 26.4 Å². The van der Waals surface area contributed by atoms with Gasteiger partial charge in [0.2, 0.25) is 0 Å². The van der Waals surface area contributed by atoms with Crippen molar-refractivity contribution in [3.05, 3.63) is 56.8 Å². The van der Waals surface area contributed by atoms with Crippen molar-refractivity contribution in [2.75, 3.05) is 0 Å². The lowest BCUT2D eigenvalue weighted by molar-refractivity contribution is 0.558. The van der Waals surface area contributed by atoms with Crippen LogP contribution in [0.2, 0.25) is 0 Å². The summed E-state index contributed by atoms with van der Waals surface area (Å²) in [6.45, 7) is 6.52. The minimum absolute atomic E-state index is 0.199. The molecule has 0 amide bonds. The van der Waals surface area contributed by atoms with E-state index in [-0.39, 0.29) is 6.04 Å². The molecule has 1 aromatic heterocycles. The van der Waals surface area contributed by atoms with Gasteiger partial charge in [0.25, 0.3) is 0 Å². The van der Waals surface area contributed by atoms with Crippen molar-refractivity contribution in [3.63, 3.8) is 0 Å². The fourth-order valence-electron chi connectivity index (χ4n) is 2.39. The van der Waals surface area contributed by atoms with Crippen LogP contribution in [0.5, 0.6) is 0 Å². The second-order valence-electron chi connectivity index (χ2n) is 4.95. The molecule has 0 saturated carbocycles. The Kier molecular flexibility index (Phi) is 4.75. The maximum absolute atomic E-state index is 5.76. The number of hydrogen-bond acceptors (Lipinski definition) is 3. The number of hydrogen-bond donors (Lipinski definition) is 2. The van der Waals surface area contributed by atoms with E-state index in [4.69, 9.17) is 5.84 Å². The van der Waals surface area contributed by atoms with Gasteiger partial charge >= 0.3 is 0 Å². The predicted octanol–water partition coefficient (Wildman–Crippen LogP) is 3.67. The van der Waals surface area contributed by atoms with Gasteiger partial charge in [0.05, 0.1) is 6.04 Å². The maximum Gasteiger partial charge on any atom is 0.0593 e. The van der Waals surface area contributed by atoms with Crippen molar-refractivity contribution in [2.45, 2.75) is 39.7 Å². The molecule has 102 valence electrons. The van der Waals surface area contributed by atoms with Crippen LogP contribution in [-0.4, -0.2) is 0 Å². The van der Waals surface area contributed by atoms with Crippen LogP contribution in [-0.2, 0) is 12.8 Å².